The summed E-state index contributed by atoms with van der Waals surface area (Å²) in [6.45, 7) is 0. The van der Waals surface area contributed by atoms with Gasteiger partial charge in [-0.25, -0.2) is 9.59 Å². The lowest BCUT2D eigenvalue weighted by molar-refractivity contribution is -0.385. The number of aromatic hydroxyl groups is 1. The number of aromatic carboxylic acids is 1. The van der Waals surface area contributed by atoms with Crippen molar-refractivity contribution in [1.29, 1.82) is 0 Å². The van der Waals surface area contributed by atoms with Crippen molar-refractivity contribution in [3.63, 3.8) is 0 Å². The zero-order valence-corrected chi connectivity index (χ0v) is 12.3. The highest BCUT2D eigenvalue weighted by atomic mass is 16.6. The summed E-state index contributed by atoms with van der Waals surface area (Å²) in [7, 11) is 1.12. The lowest BCUT2D eigenvalue weighted by atomic mass is 10.1. The summed E-state index contributed by atoms with van der Waals surface area (Å²) >= 11 is 0. The van der Waals surface area contributed by atoms with Crippen molar-refractivity contribution in [2.24, 2.45) is 0 Å². The first-order chi connectivity index (χ1) is 11.3. The van der Waals surface area contributed by atoms with Gasteiger partial charge in [-0.15, -0.1) is 0 Å². The molecule has 0 saturated heterocycles. The molecule has 0 aliphatic heterocycles. The molecule has 2 aromatic carbocycles. The number of nitrogens with zero attached hydrogens (tertiary/aromatic N) is 1. The van der Waals surface area contributed by atoms with E-state index in [1.54, 1.807) is 0 Å². The van der Waals surface area contributed by atoms with Crippen LogP contribution < -0.4 is 4.74 Å². The molecule has 0 radical (unpaired) electrons. The van der Waals surface area contributed by atoms with E-state index in [-0.39, 0.29) is 22.6 Å². The molecule has 2 aromatic rings. The summed E-state index contributed by atoms with van der Waals surface area (Å²) in [5, 5.41) is 29.4. The molecule has 0 spiro atoms. The molecule has 9 nitrogen and oxygen atoms in total. The van der Waals surface area contributed by atoms with E-state index in [4.69, 9.17) is 9.84 Å². The van der Waals surface area contributed by atoms with Crippen LogP contribution in [0.25, 0.3) is 0 Å². The van der Waals surface area contributed by atoms with Gasteiger partial charge in [0.1, 0.15) is 11.5 Å². The Morgan fingerprint density at radius 2 is 1.71 bits per heavy atom. The maximum atomic E-state index is 11.5. The molecule has 0 amide bonds. The second kappa shape index (κ2) is 6.65. The Balaban J connectivity index is 2.35. The van der Waals surface area contributed by atoms with Crippen molar-refractivity contribution in [3.8, 4) is 17.2 Å². The van der Waals surface area contributed by atoms with E-state index in [9.17, 15) is 24.8 Å². The number of ether oxygens (including phenoxy) is 2. The average molecular weight is 333 g/mol. The molecule has 124 valence electrons. The van der Waals surface area contributed by atoms with E-state index < -0.39 is 28.3 Å². The smallest absolute Gasteiger partial charge is 0.338 e. The second-order valence-corrected chi connectivity index (χ2v) is 4.51. The molecule has 0 heterocycles. The summed E-state index contributed by atoms with van der Waals surface area (Å²) in [4.78, 5) is 32.7. The van der Waals surface area contributed by atoms with Gasteiger partial charge in [-0.3, -0.25) is 10.1 Å². The van der Waals surface area contributed by atoms with Gasteiger partial charge in [-0.05, 0) is 24.3 Å². The Morgan fingerprint density at radius 3 is 2.25 bits per heavy atom. The third-order valence-corrected chi connectivity index (χ3v) is 3.01. The monoisotopic (exact) mass is 333 g/mol. The zero-order valence-electron chi connectivity index (χ0n) is 12.3. The summed E-state index contributed by atoms with van der Waals surface area (Å²) in [5.74, 6) is -2.64. The fourth-order valence-corrected chi connectivity index (χ4v) is 1.91. The molecule has 0 unspecified atom stereocenters. The number of carboxylic acids is 1. The van der Waals surface area contributed by atoms with E-state index in [0.717, 1.165) is 25.3 Å². The number of esters is 1. The Bertz CT molecular complexity index is 830. The van der Waals surface area contributed by atoms with E-state index in [1.807, 2.05) is 0 Å². The highest BCUT2D eigenvalue weighted by Gasteiger charge is 2.19. The van der Waals surface area contributed by atoms with Crippen molar-refractivity contribution < 1.29 is 34.2 Å². The number of carboxylic acid groups (broad SMARTS) is 1. The van der Waals surface area contributed by atoms with Crippen LogP contribution in [-0.2, 0) is 4.74 Å². The number of hydrogen-bond donors (Lipinski definition) is 2. The van der Waals surface area contributed by atoms with Gasteiger partial charge in [-0.2, -0.15) is 0 Å². The van der Waals surface area contributed by atoms with Gasteiger partial charge in [0.05, 0.1) is 23.2 Å². The van der Waals surface area contributed by atoms with Crippen LogP contribution >= 0.6 is 0 Å². The maximum absolute atomic E-state index is 11.5. The van der Waals surface area contributed by atoms with Gasteiger partial charge >= 0.3 is 17.6 Å². The molecular weight excluding hydrogens is 322 g/mol. The normalized spacial score (nSPS) is 10.0. The predicted molar refractivity (Wildman–Crippen MR) is 79.6 cm³/mol. The summed E-state index contributed by atoms with van der Waals surface area (Å²) in [6, 6.07) is 6.96. The molecule has 9 heteroatoms. The van der Waals surface area contributed by atoms with Crippen molar-refractivity contribution in [2.45, 2.75) is 0 Å². The fraction of sp³-hybridized carbons (Fsp3) is 0.0667. The zero-order chi connectivity index (χ0) is 17.9. The van der Waals surface area contributed by atoms with Crippen molar-refractivity contribution in [2.75, 3.05) is 7.11 Å². The van der Waals surface area contributed by atoms with Crippen molar-refractivity contribution in [3.05, 3.63) is 57.6 Å². The number of carbonyl (C=O) groups is 2. The predicted octanol–water partition coefficient (Wildman–Crippen LogP) is 2.58. The number of rotatable bonds is 5. The fourth-order valence-electron chi connectivity index (χ4n) is 1.91. The Hall–Kier alpha value is -3.62. The molecule has 2 rings (SSSR count). The van der Waals surface area contributed by atoms with Gasteiger partial charge < -0.3 is 19.7 Å². The standard InChI is InChI=1S/C15H11NO8/c1-23-15(20)10-4-2-8(6-11(10)14(18)19)24-9-3-5-12(16(21)22)13(17)7-9/h2-7,17H,1H3,(H,18,19). The number of benzene rings is 2. The number of carbonyl (C=O) groups excluding carboxylic acids is 1. The molecule has 0 aliphatic rings. The highest BCUT2D eigenvalue weighted by molar-refractivity contribution is 6.02. The van der Waals surface area contributed by atoms with Crippen LogP contribution in [0.4, 0.5) is 5.69 Å². The van der Waals surface area contributed by atoms with Crippen molar-refractivity contribution in [1.82, 2.24) is 0 Å². The van der Waals surface area contributed by atoms with Gasteiger partial charge in [0.25, 0.3) is 0 Å². The van der Waals surface area contributed by atoms with Crippen molar-refractivity contribution >= 4 is 17.6 Å². The minimum Gasteiger partial charge on any atom is -0.502 e. The van der Waals surface area contributed by atoms with Gasteiger partial charge in [0.15, 0.2) is 5.75 Å². The number of nitro groups is 1. The first-order valence-corrected chi connectivity index (χ1v) is 6.44. The third-order valence-electron chi connectivity index (χ3n) is 3.01. The lowest BCUT2D eigenvalue weighted by Crippen LogP contribution is -2.10. The van der Waals surface area contributed by atoms with Crippen LogP contribution in [0.3, 0.4) is 0 Å². The molecule has 2 N–H and O–H groups in total. The molecule has 0 atom stereocenters. The SMILES string of the molecule is COC(=O)c1ccc(Oc2ccc([N+](=O)[O-])c(O)c2)cc1C(=O)O. The van der Waals surface area contributed by atoms with Crippen LogP contribution in [-0.4, -0.2) is 34.2 Å². The van der Waals surface area contributed by atoms with E-state index in [0.29, 0.717) is 0 Å². The quantitative estimate of drug-likeness (QED) is 0.484. The number of phenolic OH excluding ortho intramolecular Hbond substituents is 1. The minimum absolute atomic E-state index is 0.0558. The molecule has 0 bridgehead atoms. The Morgan fingerprint density at radius 1 is 1.08 bits per heavy atom. The third kappa shape index (κ3) is 3.40. The summed E-state index contributed by atoms with van der Waals surface area (Å²) in [5.41, 5.74) is -0.969. The summed E-state index contributed by atoms with van der Waals surface area (Å²) in [6.07, 6.45) is 0. The van der Waals surface area contributed by atoms with Crippen LogP contribution in [0.2, 0.25) is 0 Å². The minimum atomic E-state index is -1.35. The van der Waals surface area contributed by atoms with Gasteiger partial charge in [-0.1, -0.05) is 0 Å². The van der Waals surface area contributed by atoms with E-state index in [2.05, 4.69) is 4.74 Å². The van der Waals surface area contributed by atoms with Gasteiger partial charge in [0.2, 0.25) is 0 Å². The van der Waals surface area contributed by atoms with E-state index in [1.165, 1.54) is 18.2 Å². The summed E-state index contributed by atoms with van der Waals surface area (Å²) < 4.78 is 9.85. The molecule has 0 fully saturated rings. The molecule has 0 aliphatic carbocycles. The molecular formula is C15H11NO8. The highest BCUT2D eigenvalue weighted by Crippen LogP contribution is 2.32. The van der Waals surface area contributed by atoms with Crippen LogP contribution in [0.15, 0.2) is 36.4 Å². The average Bonchev–Trinajstić information content (AvgIpc) is 2.53. The largest absolute Gasteiger partial charge is 0.502 e. The molecule has 0 saturated carbocycles. The van der Waals surface area contributed by atoms with Gasteiger partial charge in [0, 0.05) is 12.1 Å². The lowest BCUT2D eigenvalue weighted by Gasteiger charge is -2.09. The van der Waals surface area contributed by atoms with Crippen LogP contribution in [0.5, 0.6) is 17.2 Å². The number of nitro benzene ring substituents is 1. The number of methoxy groups -OCH3 is 1. The van der Waals surface area contributed by atoms with Crippen LogP contribution in [0.1, 0.15) is 20.7 Å². The first-order valence-electron chi connectivity index (χ1n) is 6.44. The maximum Gasteiger partial charge on any atom is 0.338 e. The van der Waals surface area contributed by atoms with E-state index >= 15 is 0 Å². The molecule has 0 aromatic heterocycles. The second-order valence-electron chi connectivity index (χ2n) is 4.51. The Labute approximate surface area is 134 Å². The molecule has 24 heavy (non-hydrogen) atoms. The van der Waals surface area contributed by atoms with Crippen LogP contribution in [0, 0.1) is 10.1 Å². The first kappa shape index (κ1) is 16.7. The Kier molecular flexibility index (Phi) is 4.64. The number of phenols is 1. The topological polar surface area (TPSA) is 136 Å². The number of hydrogen-bond acceptors (Lipinski definition) is 7.